The van der Waals surface area contributed by atoms with E-state index in [0.29, 0.717) is 30.9 Å². The monoisotopic (exact) mass is 417 g/mol. The topological polar surface area (TPSA) is 70.5 Å². The molecule has 1 fully saturated rings. The molecule has 31 heavy (non-hydrogen) atoms. The van der Waals surface area contributed by atoms with Crippen LogP contribution >= 0.6 is 0 Å². The van der Waals surface area contributed by atoms with Gasteiger partial charge in [-0.05, 0) is 41.8 Å². The molecule has 1 N–H and O–H groups in total. The van der Waals surface area contributed by atoms with Crippen molar-refractivity contribution >= 4 is 23.3 Å². The Labute approximate surface area is 182 Å². The lowest BCUT2D eigenvalue weighted by Gasteiger charge is -2.16. The molecule has 0 aliphatic carbocycles. The van der Waals surface area contributed by atoms with E-state index in [2.05, 4.69) is 39.6 Å². The summed E-state index contributed by atoms with van der Waals surface area (Å²) in [4.78, 5) is 28.6. The summed E-state index contributed by atoms with van der Waals surface area (Å²) in [6.45, 7) is 1.89. The molecule has 1 saturated heterocycles. The third-order valence-corrected chi connectivity index (χ3v) is 5.48. The van der Waals surface area contributed by atoms with E-state index in [9.17, 15) is 9.59 Å². The lowest BCUT2D eigenvalue weighted by molar-refractivity contribution is -0.128. The minimum atomic E-state index is -0.195. The van der Waals surface area contributed by atoms with E-state index in [4.69, 9.17) is 0 Å². The Kier molecular flexibility index (Phi) is 6.02. The molecule has 160 valence electrons. The van der Waals surface area contributed by atoms with Crippen molar-refractivity contribution in [2.45, 2.75) is 25.9 Å². The normalized spacial score (nSPS) is 13.5. The van der Waals surface area contributed by atoms with Crippen LogP contribution in [0.15, 0.2) is 60.8 Å². The second-order valence-corrected chi connectivity index (χ2v) is 8.01. The molecular formula is C24H27N5O2. The highest BCUT2D eigenvalue weighted by molar-refractivity contribution is 6.03. The van der Waals surface area contributed by atoms with E-state index < -0.39 is 0 Å². The minimum absolute atomic E-state index is 0.178. The molecule has 0 bridgehead atoms. The molecule has 0 unspecified atom stereocenters. The van der Waals surface area contributed by atoms with Crippen LogP contribution < -0.4 is 10.2 Å². The zero-order chi connectivity index (χ0) is 21.8. The number of hydrogen-bond acceptors (Lipinski definition) is 4. The van der Waals surface area contributed by atoms with Gasteiger partial charge in [-0.2, -0.15) is 5.10 Å². The number of hydrogen-bond donors (Lipinski definition) is 1. The van der Waals surface area contributed by atoms with Crippen molar-refractivity contribution in [3.63, 3.8) is 0 Å². The van der Waals surface area contributed by atoms with Gasteiger partial charge < -0.3 is 15.1 Å². The Morgan fingerprint density at radius 2 is 1.87 bits per heavy atom. The van der Waals surface area contributed by atoms with E-state index in [0.717, 1.165) is 29.8 Å². The number of benzene rings is 2. The molecule has 1 aliphatic rings. The van der Waals surface area contributed by atoms with Crippen molar-refractivity contribution in [1.29, 1.82) is 0 Å². The van der Waals surface area contributed by atoms with Crippen LogP contribution in [0.1, 0.15) is 34.3 Å². The van der Waals surface area contributed by atoms with Gasteiger partial charge in [0.15, 0.2) is 0 Å². The quantitative estimate of drug-likeness (QED) is 0.640. The number of aromatic nitrogens is 2. The molecule has 0 atom stereocenters. The molecule has 1 aromatic heterocycles. The predicted octanol–water partition coefficient (Wildman–Crippen LogP) is 3.37. The van der Waals surface area contributed by atoms with Crippen molar-refractivity contribution in [2.24, 2.45) is 0 Å². The van der Waals surface area contributed by atoms with E-state index in [1.165, 1.54) is 0 Å². The number of likely N-dealkylation sites (tertiary alicyclic amines) is 1. The first-order valence-corrected chi connectivity index (χ1v) is 10.5. The van der Waals surface area contributed by atoms with Gasteiger partial charge in [0.1, 0.15) is 5.82 Å². The second-order valence-electron chi connectivity index (χ2n) is 8.01. The highest BCUT2D eigenvalue weighted by Gasteiger charge is 2.20. The van der Waals surface area contributed by atoms with Crippen molar-refractivity contribution in [1.82, 2.24) is 14.7 Å². The molecule has 2 amide bonds. The van der Waals surface area contributed by atoms with Crippen molar-refractivity contribution in [2.75, 3.05) is 30.9 Å². The average Bonchev–Trinajstić information content (AvgIpc) is 3.37. The van der Waals surface area contributed by atoms with Crippen molar-refractivity contribution in [3.8, 4) is 0 Å². The van der Waals surface area contributed by atoms with Crippen LogP contribution in [0.5, 0.6) is 0 Å². The van der Waals surface area contributed by atoms with Crippen molar-refractivity contribution < 1.29 is 9.59 Å². The fourth-order valence-corrected chi connectivity index (χ4v) is 3.73. The summed E-state index contributed by atoms with van der Waals surface area (Å²) in [5, 5.41) is 7.32. The van der Waals surface area contributed by atoms with Gasteiger partial charge in [0.25, 0.3) is 5.91 Å². The van der Waals surface area contributed by atoms with Crippen LogP contribution in [0.4, 0.5) is 11.5 Å². The number of amides is 2. The summed E-state index contributed by atoms with van der Waals surface area (Å²) in [7, 11) is 4.02. The molecule has 3 aromatic rings. The lowest BCUT2D eigenvalue weighted by Crippen LogP contribution is -2.24. The van der Waals surface area contributed by atoms with E-state index in [1.807, 2.05) is 37.2 Å². The summed E-state index contributed by atoms with van der Waals surface area (Å²) in [5.74, 6) is 0.624. The molecular weight excluding hydrogens is 390 g/mol. The molecule has 2 heterocycles. The van der Waals surface area contributed by atoms with Gasteiger partial charge >= 0.3 is 0 Å². The first-order valence-electron chi connectivity index (χ1n) is 10.5. The van der Waals surface area contributed by atoms with Gasteiger partial charge in [-0.15, -0.1) is 0 Å². The smallest absolute Gasteiger partial charge is 0.256 e. The van der Waals surface area contributed by atoms with Crippen LogP contribution in [0.3, 0.4) is 0 Å². The van der Waals surface area contributed by atoms with Gasteiger partial charge in [0.2, 0.25) is 5.91 Å². The van der Waals surface area contributed by atoms with Crippen molar-refractivity contribution in [3.05, 3.63) is 77.5 Å². The van der Waals surface area contributed by atoms with Crippen LogP contribution in [0.2, 0.25) is 0 Å². The van der Waals surface area contributed by atoms with E-state index in [-0.39, 0.29) is 11.8 Å². The highest BCUT2D eigenvalue weighted by atomic mass is 16.2. The summed E-state index contributed by atoms with van der Waals surface area (Å²) in [6, 6.07) is 17.5. The minimum Gasteiger partial charge on any atom is -0.378 e. The zero-order valence-corrected chi connectivity index (χ0v) is 17.9. The van der Waals surface area contributed by atoms with Crippen LogP contribution in [-0.2, 0) is 17.9 Å². The first kappa shape index (κ1) is 20.7. The molecule has 0 radical (unpaired) electrons. The Bertz CT molecular complexity index is 1070. The maximum Gasteiger partial charge on any atom is 0.256 e. The van der Waals surface area contributed by atoms with Crippen LogP contribution in [0, 0.1) is 0 Å². The number of nitrogens with one attached hydrogen (secondary N) is 1. The fraction of sp³-hybridized carbons (Fsp3) is 0.292. The molecule has 7 nitrogen and oxygen atoms in total. The lowest BCUT2D eigenvalue weighted by atomic mass is 10.1. The van der Waals surface area contributed by atoms with Gasteiger partial charge in [0.05, 0.1) is 12.7 Å². The standard InChI is InChI=1S/C24H27N5O2/c1-27(2)21-10-8-18(9-11-21)17-29-22(12-13-25-29)26-24(31)20-6-3-5-19(15-20)16-28-14-4-7-23(28)30/h3,5-6,8-13,15H,4,7,14,16-17H2,1-2H3,(H,26,31). The average molecular weight is 418 g/mol. The fourth-order valence-electron chi connectivity index (χ4n) is 3.73. The van der Waals surface area contributed by atoms with Gasteiger partial charge in [-0.3, -0.25) is 9.59 Å². The molecule has 0 spiro atoms. The number of anilines is 2. The summed E-state index contributed by atoms with van der Waals surface area (Å²) in [5.41, 5.74) is 3.75. The van der Waals surface area contributed by atoms with Gasteiger partial charge in [0, 0.05) is 50.9 Å². The Morgan fingerprint density at radius 3 is 2.58 bits per heavy atom. The van der Waals surface area contributed by atoms with Gasteiger partial charge in [-0.1, -0.05) is 24.3 Å². The number of nitrogens with zero attached hydrogens (tertiary/aromatic N) is 4. The third kappa shape index (κ3) is 4.94. The number of rotatable bonds is 7. The number of carbonyl (C=O) groups is 2. The zero-order valence-electron chi connectivity index (χ0n) is 17.9. The SMILES string of the molecule is CN(C)c1ccc(Cn2nccc2NC(=O)c2cccc(CN3CCCC3=O)c2)cc1. The molecule has 0 saturated carbocycles. The molecule has 1 aliphatic heterocycles. The Morgan fingerprint density at radius 1 is 1.06 bits per heavy atom. The Balaban J connectivity index is 1.43. The maximum atomic E-state index is 12.9. The van der Waals surface area contributed by atoms with Gasteiger partial charge in [-0.25, -0.2) is 4.68 Å². The van der Waals surface area contributed by atoms with Crippen LogP contribution in [-0.4, -0.2) is 47.1 Å². The molecule has 4 rings (SSSR count). The van der Waals surface area contributed by atoms with E-state index >= 15 is 0 Å². The largest absolute Gasteiger partial charge is 0.378 e. The van der Waals surface area contributed by atoms with Crippen LogP contribution in [0.25, 0.3) is 0 Å². The maximum absolute atomic E-state index is 12.9. The highest BCUT2D eigenvalue weighted by Crippen LogP contribution is 2.18. The molecule has 2 aromatic carbocycles. The Hall–Kier alpha value is -3.61. The number of carbonyl (C=O) groups excluding carboxylic acids is 2. The summed E-state index contributed by atoms with van der Waals surface area (Å²) < 4.78 is 1.77. The van der Waals surface area contributed by atoms with E-state index in [1.54, 1.807) is 23.0 Å². The summed E-state index contributed by atoms with van der Waals surface area (Å²) >= 11 is 0. The summed E-state index contributed by atoms with van der Waals surface area (Å²) in [6.07, 6.45) is 3.20. The first-order chi connectivity index (χ1) is 15.0. The second kappa shape index (κ2) is 9.04. The predicted molar refractivity (Wildman–Crippen MR) is 121 cm³/mol. The molecule has 7 heteroatoms. The third-order valence-electron chi connectivity index (χ3n) is 5.48.